The first-order chi connectivity index (χ1) is 10.7. The van der Waals surface area contributed by atoms with Gasteiger partial charge in [0.25, 0.3) is 0 Å². The average molecular weight is 314 g/mol. The van der Waals surface area contributed by atoms with Crippen molar-refractivity contribution in [1.29, 1.82) is 0 Å². The number of rotatable bonds is 4. The highest BCUT2D eigenvalue weighted by Crippen LogP contribution is 2.25. The molecular formula is C19H26N2O2. The van der Waals surface area contributed by atoms with Crippen molar-refractivity contribution in [3.05, 3.63) is 47.2 Å². The number of oxazole rings is 1. The second-order valence-electron chi connectivity index (χ2n) is 6.93. The summed E-state index contributed by atoms with van der Waals surface area (Å²) in [7, 11) is 0. The van der Waals surface area contributed by atoms with Gasteiger partial charge in [0.05, 0.1) is 12.1 Å². The Bertz CT molecular complexity index is 696. The molecule has 1 amide bonds. The molecule has 2 aromatic rings. The lowest BCUT2D eigenvalue weighted by molar-refractivity contribution is -0.118. The summed E-state index contributed by atoms with van der Waals surface area (Å²) in [6, 6.07) is 7.98. The van der Waals surface area contributed by atoms with E-state index >= 15 is 0 Å². The molecule has 0 atom stereocenters. The van der Waals surface area contributed by atoms with Crippen LogP contribution in [0.15, 0.2) is 28.7 Å². The number of carbonyl (C=O) groups is 1. The summed E-state index contributed by atoms with van der Waals surface area (Å²) in [5.74, 6) is 1.36. The predicted molar refractivity (Wildman–Crippen MR) is 92.9 cm³/mol. The van der Waals surface area contributed by atoms with Gasteiger partial charge in [0.2, 0.25) is 5.91 Å². The monoisotopic (exact) mass is 314 g/mol. The van der Waals surface area contributed by atoms with Crippen LogP contribution in [-0.2, 0) is 16.6 Å². The first kappa shape index (κ1) is 17.3. The van der Waals surface area contributed by atoms with Gasteiger partial charge >= 0.3 is 0 Å². The second kappa shape index (κ2) is 6.57. The van der Waals surface area contributed by atoms with Crippen molar-refractivity contribution in [2.45, 2.75) is 53.4 Å². The maximum Gasteiger partial charge on any atom is 0.234 e. The average Bonchev–Trinajstić information content (AvgIpc) is 2.81. The van der Waals surface area contributed by atoms with E-state index in [2.05, 4.69) is 25.8 Å². The Labute approximate surface area is 138 Å². The first-order valence-corrected chi connectivity index (χ1v) is 8.06. The van der Waals surface area contributed by atoms with Crippen LogP contribution in [-0.4, -0.2) is 17.4 Å². The van der Waals surface area contributed by atoms with Crippen molar-refractivity contribution < 1.29 is 9.21 Å². The molecular weight excluding hydrogens is 288 g/mol. The molecule has 1 aromatic heterocycles. The molecule has 0 spiro atoms. The number of likely N-dealkylation sites (N-methyl/N-ethyl adjacent to an activating group) is 1. The zero-order valence-corrected chi connectivity index (χ0v) is 14.9. The Balaban J connectivity index is 2.22. The van der Waals surface area contributed by atoms with E-state index in [0.717, 1.165) is 16.9 Å². The lowest BCUT2D eigenvalue weighted by Crippen LogP contribution is -2.32. The minimum atomic E-state index is -0.160. The molecule has 0 aliphatic rings. The maximum absolute atomic E-state index is 12.7. The molecule has 0 fully saturated rings. The van der Waals surface area contributed by atoms with Crippen LogP contribution in [0.2, 0.25) is 0 Å². The van der Waals surface area contributed by atoms with Gasteiger partial charge in [0, 0.05) is 17.6 Å². The third-order valence-corrected chi connectivity index (χ3v) is 3.78. The number of nitrogens with zero attached hydrogens (tertiary/aromatic N) is 2. The number of amides is 1. The molecule has 0 radical (unpaired) electrons. The molecule has 4 nitrogen and oxygen atoms in total. The minimum absolute atomic E-state index is 0.0257. The smallest absolute Gasteiger partial charge is 0.234 e. The van der Waals surface area contributed by atoms with Gasteiger partial charge in [0.15, 0.2) is 5.89 Å². The van der Waals surface area contributed by atoms with E-state index in [4.69, 9.17) is 4.42 Å². The summed E-state index contributed by atoms with van der Waals surface area (Å²) in [6.45, 7) is 12.7. The topological polar surface area (TPSA) is 46.3 Å². The Hall–Kier alpha value is -2.10. The highest BCUT2D eigenvalue weighted by molar-refractivity contribution is 5.94. The highest BCUT2D eigenvalue weighted by Gasteiger charge is 2.24. The van der Waals surface area contributed by atoms with E-state index in [1.54, 1.807) is 4.90 Å². The number of hydrogen-bond donors (Lipinski definition) is 0. The van der Waals surface area contributed by atoms with Crippen LogP contribution < -0.4 is 4.90 Å². The first-order valence-electron chi connectivity index (χ1n) is 8.06. The summed E-state index contributed by atoms with van der Waals surface area (Å²) < 4.78 is 5.85. The summed E-state index contributed by atoms with van der Waals surface area (Å²) in [5.41, 5.74) is 2.70. The van der Waals surface area contributed by atoms with Gasteiger partial charge in [-0.05, 0) is 38.5 Å². The number of aryl methyl sites for hydroxylation is 2. The van der Waals surface area contributed by atoms with Crippen molar-refractivity contribution in [2.24, 2.45) is 0 Å². The number of hydrogen-bond acceptors (Lipinski definition) is 3. The summed E-state index contributed by atoms with van der Waals surface area (Å²) in [4.78, 5) is 19.0. The largest absolute Gasteiger partial charge is 0.444 e. The zero-order valence-electron chi connectivity index (χ0n) is 14.9. The van der Waals surface area contributed by atoms with Gasteiger partial charge in [-0.3, -0.25) is 4.79 Å². The Kier molecular flexibility index (Phi) is 4.93. The lowest BCUT2D eigenvalue weighted by Gasteiger charge is -2.21. The fourth-order valence-corrected chi connectivity index (χ4v) is 2.44. The Morgan fingerprint density at radius 1 is 1.26 bits per heavy atom. The molecule has 1 aromatic carbocycles. The van der Waals surface area contributed by atoms with Crippen LogP contribution in [0.1, 0.15) is 50.6 Å². The quantitative estimate of drug-likeness (QED) is 0.850. The van der Waals surface area contributed by atoms with Gasteiger partial charge in [0.1, 0.15) is 5.76 Å². The lowest BCUT2D eigenvalue weighted by atomic mass is 9.97. The number of aromatic nitrogens is 1. The number of benzene rings is 1. The van der Waals surface area contributed by atoms with Crippen LogP contribution in [0.25, 0.3) is 0 Å². The van der Waals surface area contributed by atoms with E-state index in [9.17, 15) is 4.79 Å². The second-order valence-corrected chi connectivity index (χ2v) is 6.93. The Morgan fingerprint density at radius 3 is 2.48 bits per heavy atom. The van der Waals surface area contributed by atoms with Crippen LogP contribution in [0.3, 0.4) is 0 Å². The summed E-state index contributed by atoms with van der Waals surface area (Å²) >= 11 is 0. The predicted octanol–water partition coefficient (Wildman–Crippen LogP) is 4.18. The van der Waals surface area contributed by atoms with E-state index in [-0.39, 0.29) is 17.7 Å². The van der Waals surface area contributed by atoms with Crippen LogP contribution in [0.4, 0.5) is 5.69 Å². The molecule has 2 rings (SSSR count). The maximum atomic E-state index is 12.7. The molecule has 0 saturated carbocycles. The van der Waals surface area contributed by atoms with Crippen molar-refractivity contribution in [3.8, 4) is 0 Å². The minimum Gasteiger partial charge on any atom is -0.444 e. The van der Waals surface area contributed by atoms with Gasteiger partial charge < -0.3 is 9.32 Å². The van der Waals surface area contributed by atoms with Crippen molar-refractivity contribution in [2.75, 3.05) is 11.4 Å². The molecule has 0 bridgehead atoms. The normalized spacial score (nSPS) is 11.6. The van der Waals surface area contributed by atoms with Crippen LogP contribution >= 0.6 is 0 Å². The SMILES string of the molecule is CCN(C(=O)Cc1oc(C(C)(C)C)nc1C)c1cccc(C)c1. The van der Waals surface area contributed by atoms with E-state index in [0.29, 0.717) is 18.2 Å². The molecule has 0 saturated heterocycles. The fraction of sp³-hybridized carbons (Fsp3) is 0.474. The van der Waals surface area contributed by atoms with E-state index < -0.39 is 0 Å². The molecule has 124 valence electrons. The standard InChI is InChI=1S/C19H26N2O2/c1-7-21(15-10-8-9-13(2)11-15)17(22)12-16-14(3)20-18(23-16)19(4,5)6/h8-11H,7,12H2,1-6H3. The zero-order chi connectivity index (χ0) is 17.2. The van der Waals surface area contributed by atoms with Crippen molar-refractivity contribution in [3.63, 3.8) is 0 Å². The number of anilines is 1. The summed E-state index contributed by atoms with van der Waals surface area (Å²) in [6.07, 6.45) is 0.233. The Morgan fingerprint density at radius 2 is 1.96 bits per heavy atom. The molecule has 23 heavy (non-hydrogen) atoms. The third-order valence-electron chi connectivity index (χ3n) is 3.78. The van der Waals surface area contributed by atoms with Crippen LogP contribution in [0.5, 0.6) is 0 Å². The van der Waals surface area contributed by atoms with Crippen molar-refractivity contribution >= 4 is 11.6 Å². The third kappa shape index (κ3) is 4.01. The van der Waals surface area contributed by atoms with Gasteiger partial charge in [-0.2, -0.15) is 0 Å². The molecule has 1 heterocycles. The molecule has 0 unspecified atom stereocenters. The number of carbonyl (C=O) groups excluding carboxylic acids is 1. The fourth-order valence-electron chi connectivity index (χ4n) is 2.44. The van der Waals surface area contributed by atoms with Gasteiger partial charge in [-0.15, -0.1) is 0 Å². The van der Waals surface area contributed by atoms with E-state index in [1.165, 1.54) is 0 Å². The molecule has 4 heteroatoms. The van der Waals surface area contributed by atoms with E-state index in [1.807, 2.05) is 45.0 Å². The summed E-state index contributed by atoms with van der Waals surface area (Å²) in [5, 5.41) is 0. The van der Waals surface area contributed by atoms with Gasteiger partial charge in [-0.1, -0.05) is 32.9 Å². The van der Waals surface area contributed by atoms with Crippen molar-refractivity contribution in [1.82, 2.24) is 4.98 Å². The molecule has 0 aliphatic carbocycles. The molecule has 0 aliphatic heterocycles. The highest BCUT2D eigenvalue weighted by atomic mass is 16.4. The van der Waals surface area contributed by atoms with Gasteiger partial charge in [-0.25, -0.2) is 4.98 Å². The van der Waals surface area contributed by atoms with Crippen LogP contribution in [0, 0.1) is 13.8 Å². The molecule has 0 N–H and O–H groups in total.